The minimum Gasteiger partial charge on any atom is -0.322 e. The third kappa shape index (κ3) is 3.08. The number of aryl methyl sites for hydroxylation is 4. The fraction of sp³-hybridized carbons (Fsp3) is 0.208. The first-order valence-corrected chi connectivity index (χ1v) is 11.2. The Bertz CT molecular complexity index is 1290. The predicted molar refractivity (Wildman–Crippen MR) is 121 cm³/mol. The normalized spacial score (nSPS) is 14.1. The van der Waals surface area contributed by atoms with E-state index in [1.54, 1.807) is 37.4 Å². The van der Waals surface area contributed by atoms with Gasteiger partial charge in [0.05, 0.1) is 10.6 Å². The van der Waals surface area contributed by atoms with Gasteiger partial charge < -0.3 is 5.32 Å². The average molecular weight is 421 g/mol. The van der Waals surface area contributed by atoms with Crippen molar-refractivity contribution >= 4 is 27.3 Å². The number of carbonyl (C=O) groups is 1. The van der Waals surface area contributed by atoms with Gasteiger partial charge in [0.1, 0.15) is 0 Å². The summed E-state index contributed by atoms with van der Waals surface area (Å²) in [5, 5.41) is 3.04. The molecule has 0 aromatic heterocycles. The van der Waals surface area contributed by atoms with Crippen molar-refractivity contribution in [3.05, 3.63) is 76.3 Å². The molecule has 1 aliphatic heterocycles. The zero-order valence-electron chi connectivity index (χ0n) is 17.7. The van der Waals surface area contributed by atoms with Crippen LogP contribution in [-0.4, -0.2) is 21.4 Å². The van der Waals surface area contributed by atoms with Gasteiger partial charge in [0.25, 0.3) is 15.9 Å². The Hall–Kier alpha value is -3.12. The number of carbonyl (C=O) groups excluding carboxylic acids is 1. The highest BCUT2D eigenvalue weighted by Gasteiger charge is 2.34. The molecule has 30 heavy (non-hydrogen) atoms. The van der Waals surface area contributed by atoms with Crippen LogP contribution in [-0.2, 0) is 10.0 Å². The quantitative estimate of drug-likeness (QED) is 0.636. The molecule has 0 bridgehead atoms. The predicted octanol–water partition coefficient (Wildman–Crippen LogP) is 4.98. The maximum absolute atomic E-state index is 13.1. The Labute approximate surface area is 177 Å². The number of hydrogen-bond acceptors (Lipinski definition) is 3. The first-order chi connectivity index (χ1) is 14.1. The van der Waals surface area contributed by atoms with Gasteiger partial charge in [-0.05, 0) is 62.6 Å². The van der Waals surface area contributed by atoms with Gasteiger partial charge in [-0.2, -0.15) is 0 Å². The first-order valence-electron chi connectivity index (χ1n) is 9.73. The van der Waals surface area contributed by atoms with E-state index in [2.05, 4.69) is 5.32 Å². The van der Waals surface area contributed by atoms with Crippen LogP contribution in [0.25, 0.3) is 11.1 Å². The highest BCUT2D eigenvalue weighted by atomic mass is 32.2. The van der Waals surface area contributed by atoms with Crippen molar-refractivity contribution < 1.29 is 13.2 Å². The minimum atomic E-state index is -3.62. The van der Waals surface area contributed by atoms with E-state index < -0.39 is 10.0 Å². The molecular weight excluding hydrogens is 396 g/mol. The molecule has 1 aliphatic rings. The van der Waals surface area contributed by atoms with Gasteiger partial charge in [-0.15, -0.1) is 0 Å². The Morgan fingerprint density at radius 1 is 0.867 bits per heavy atom. The third-order valence-electron chi connectivity index (χ3n) is 5.61. The number of rotatable bonds is 2. The molecule has 6 heteroatoms. The highest BCUT2D eigenvalue weighted by Crippen LogP contribution is 2.44. The number of fused-ring (bicyclic) bond motifs is 3. The molecule has 0 saturated heterocycles. The molecule has 0 aliphatic carbocycles. The van der Waals surface area contributed by atoms with Crippen LogP contribution in [0.3, 0.4) is 0 Å². The molecule has 3 aromatic rings. The van der Waals surface area contributed by atoms with Crippen LogP contribution < -0.4 is 9.62 Å². The number of amides is 1. The maximum Gasteiger partial charge on any atom is 0.264 e. The van der Waals surface area contributed by atoms with Crippen molar-refractivity contribution in [2.45, 2.75) is 32.6 Å². The van der Waals surface area contributed by atoms with E-state index in [0.717, 1.165) is 33.5 Å². The molecular formula is C24H24N2O3S. The van der Waals surface area contributed by atoms with Crippen LogP contribution in [0.15, 0.2) is 53.4 Å². The third-order valence-corrected chi connectivity index (χ3v) is 7.42. The van der Waals surface area contributed by atoms with Crippen molar-refractivity contribution in [2.24, 2.45) is 0 Å². The van der Waals surface area contributed by atoms with Crippen molar-refractivity contribution in [2.75, 3.05) is 16.7 Å². The summed E-state index contributed by atoms with van der Waals surface area (Å²) in [5.41, 5.74) is 7.15. The lowest BCUT2D eigenvalue weighted by atomic mass is 9.96. The van der Waals surface area contributed by atoms with E-state index in [0.29, 0.717) is 16.8 Å². The van der Waals surface area contributed by atoms with Gasteiger partial charge in [0.15, 0.2) is 0 Å². The molecule has 1 heterocycles. The summed E-state index contributed by atoms with van der Waals surface area (Å²) in [6, 6.07) is 14.5. The van der Waals surface area contributed by atoms with Crippen molar-refractivity contribution in [1.29, 1.82) is 0 Å². The number of hydrogen-bond donors (Lipinski definition) is 1. The van der Waals surface area contributed by atoms with Crippen molar-refractivity contribution in [3.63, 3.8) is 0 Å². The number of nitrogens with zero attached hydrogens (tertiary/aromatic N) is 1. The van der Waals surface area contributed by atoms with E-state index >= 15 is 0 Å². The van der Waals surface area contributed by atoms with Crippen molar-refractivity contribution in [3.8, 4) is 11.1 Å². The summed E-state index contributed by atoms with van der Waals surface area (Å²) in [6.45, 7) is 7.81. The van der Waals surface area contributed by atoms with Gasteiger partial charge in [-0.3, -0.25) is 9.10 Å². The number of sulfonamides is 1. The summed E-state index contributed by atoms with van der Waals surface area (Å²) in [6.07, 6.45) is 0. The Balaban J connectivity index is 1.83. The minimum absolute atomic E-state index is 0.218. The lowest BCUT2D eigenvalue weighted by Gasteiger charge is -2.31. The fourth-order valence-electron chi connectivity index (χ4n) is 4.28. The van der Waals surface area contributed by atoms with E-state index in [4.69, 9.17) is 0 Å². The summed E-state index contributed by atoms with van der Waals surface area (Å²) in [7, 11) is -2.07. The van der Waals surface area contributed by atoms with Crippen molar-refractivity contribution in [1.82, 2.24) is 0 Å². The summed E-state index contributed by atoms with van der Waals surface area (Å²) < 4.78 is 27.2. The Morgan fingerprint density at radius 3 is 2.17 bits per heavy atom. The van der Waals surface area contributed by atoms with Crippen LogP contribution >= 0.6 is 0 Å². The van der Waals surface area contributed by atoms with Crippen LogP contribution in [0, 0.1) is 27.7 Å². The largest absolute Gasteiger partial charge is 0.322 e. The molecule has 0 spiro atoms. The van der Waals surface area contributed by atoms with Gasteiger partial charge in [-0.1, -0.05) is 35.9 Å². The van der Waals surface area contributed by atoms with E-state index in [9.17, 15) is 13.2 Å². The van der Waals surface area contributed by atoms with Crippen LogP contribution in [0.5, 0.6) is 0 Å². The molecule has 4 rings (SSSR count). The molecule has 0 unspecified atom stereocenters. The van der Waals surface area contributed by atoms with Gasteiger partial charge in [0.2, 0.25) is 0 Å². The van der Waals surface area contributed by atoms with Gasteiger partial charge in [-0.25, -0.2) is 8.42 Å². The second-order valence-electron chi connectivity index (χ2n) is 7.89. The topological polar surface area (TPSA) is 66.5 Å². The lowest BCUT2D eigenvalue weighted by molar-refractivity contribution is 0.102. The number of nitrogens with one attached hydrogen (secondary N) is 1. The SMILES string of the molecule is Cc1cc(C)c(NC(=O)c2cc(C)c3c(c2)-c2ccccc2S(=O)(=O)N3C)c(C)c1. The molecule has 3 aromatic carbocycles. The lowest BCUT2D eigenvalue weighted by Crippen LogP contribution is -2.31. The average Bonchev–Trinajstić information content (AvgIpc) is 2.68. The molecule has 5 nitrogen and oxygen atoms in total. The van der Waals surface area contributed by atoms with E-state index in [1.807, 2.05) is 45.9 Å². The van der Waals surface area contributed by atoms with E-state index in [-0.39, 0.29) is 10.8 Å². The summed E-state index contributed by atoms with van der Waals surface area (Å²) >= 11 is 0. The maximum atomic E-state index is 13.1. The number of anilines is 2. The fourth-order valence-corrected chi connectivity index (χ4v) is 5.76. The number of benzene rings is 3. The molecule has 0 saturated carbocycles. The van der Waals surface area contributed by atoms with E-state index in [1.165, 1.54) is 4.31 Å². The highest BCUT2D eigenvalue weighted by molar-refractivity contribution is 7.93. The Kier molecular flexibility index (Phi) is 4.70. The zero-order valence-corrected chi connectivity index (χ0v) is 18.5. The second-order valence-corrected chi connectivity index (χ2v) is 9.82. The van der Waals surface area contributed by atoms with Crippen LogP contribution in [0.4, 0.5) is 11.4 Å². The molecule has 0 atom stereocenters. The molecule has 1 N–H and O–H groups in total. The van der Waals surface area contributed by atoms with Gasteiger partial charge in [0, 0.05) is 29.4 Å². The summed E-state index contributed by atoms with van der Waals surface area (Å²) in [4.78, 5) is 13.4. The first kappa shape index (κ1) is 20.2. The van der Waals surface area contributed by atoms with Crippen LogP contribution in [0.1, 0.15) is 32.6 Å². The smallest absolute Gasteiger partial charge is 0.264 e. The molecule has 0 radical (unpaired) electrons. The molecule has 0 fully saturated rings. The monoisotopic (exact) mass is 420 g/mol. The van der Waals surface area contributed by atoms with Crippen LogP contribution in [0.2, 0.25) is 0 Å². The Morgan fingerprint density at radius 2 is 1.50 bits per heavy atom. The molecule has 1 amide bonds. The second kappa shape index (κ2) is 6.99. The standard InChI is InChI=1S/C24H24N2O3S/c1-14-10-15(2)22(16(3)11-14)25-24(27)18-12-17(4)23-20(13-18)19-8-6-7-9-21(19)30(28,29)26(23)5/h6-13H,1-5H3,(H,25,27). The zero-order chi connectivity index (χ0) is 21.8. The molecule has 154 valence electrons. The summed E-state index contributed by atoms with van der Waals surface area (Å²) in [5.74, 6) is -0.218. The van der Waals surface area contributed by atoms with Gasteiger partial charge >= 0.3 is 0 Å².